The molecule has 0 atom stereocenters. The maximum absolute atomic E-state index is 4.99. The van der Waals surface area contributed by atoms with Gasteiger partial charge in [-0.25, -0.2) is 4.98 Å². The summed E-state index contributed by atoms with van der Waals surface area (Å²) in [6.45, 7) is 8.59. The summed E-state index contributed by atoms with van der Waals surface area (Å²) in [6, 6.07) is 0. The summed E-state index contributed by atoms with van der Waals surface area (Å²) in [4.78, 5) is 10.1. The van der Waals surface area contributed by atoms with Crippen molar-refractivity contribution in [1.29, 1.82) is 0 Å². The summed E-state index contributed by atoms with van der Waals surface area (Å²) >= 11 is 6.67. The molecular formula is C11H16N4S2. The molecule has 2 aromatic heterocycles. The zero-order chi connectivity index (χ0) is 12.6. The monoisotopic (exact) mass is 268 g/mol. The predicted octanol–water partition coefficient (Wildman–Crippen LogP) is 3.45. The minimum atomic E-state index is 0.00760. The fourth-order valence-corrected chi connectivity index (χ4v) is 2.86. The van der Waals surface area contributed by atoms with Crippen LogP contribution in [-0.4, -0.2) is 20.2 Å². The molecule has 6 heteroatoms. The van der Waals surface area contributed by atoms with Crippen molar-refractivity contribution in [1.82, 2.24) is 20.2 Å². The highest BCUT2D eigenvalue weighted by Crippen LogP contribution is 2.35. The van der Waals surface area contributed by atoms with Crippen LogP contribution in [0, 0.1) is 4.77 Å². The van der Waals surface area contributed by atoms with Crippen LogP contribution in [0.5, 0.6) is 0 Å². The van der Waals surface area contributed by atoms with Gasteiger partial charge in [0.25, 0.3) is 0 Å². The fourth-order valence-electron chi connectivity index (χ4n) is 1.56. The average Bonchev–Trinajstić information content (AvgIpc) is 2.81. The highest BCUT2D eigenvalue weighted by Gasteiger charge is 2.25. The van der Waals surface area contributed by atoms with Crippen molar-refractivity contribution in [3.8, 4) is 10.7 Å². The van der Waals surface area contributed by atoms with Crippen LogP contribution in [0.2, 0.25) is 0 Å². The standard InChI is InChI=1S/C11H16N4S2/c1-5-6-12-8(11(2,3)4)7(17-6)9-13-10(16)15-14-9/h5H2,1-4H3,(H2,13,14,15,16). The van der Waals surface area contributed by atoms with Gasteiger partial charge in [0, 0.05) is 5.41 Å². The molecule has 0 spiro atoms. The minimum absolute atomic E-state index is 0.00760. The maximum Gasteiger partial charge on any atom is 0.213 e. The normalized spacial score (nSPS) is 12.0. The van der Waals surface area contributed by atoms with Gasteiger partial charge in [-0.05, 0) is 18.6 Å². The highest BCUT2D eigenvalue weighted by atomic mass is 32.1. The van der Waals surface area contributed by atoms with E-state index in [2.05, 4.69) is 42.9 Å². The van der Waals surface area contributed by atoms with Crippen LogP contribution in [0.3, 0.4) is 0 Å². The third-order valence-electron chi connectivity index (χ3n) is 2.40. The fraction of sp³-hybridized carbons (Fsp3) is 0.545. The summed E-state index contributed by atoms with van der Waals surface area (Å²) in [5.74, 6) is 0.789. The molecule has 2 N–H and O–H groups in total. The highest BCUT2D eigenvalue weighted by molar-refractivity contribution is 7.71. The summed E-state index contributed by atoms with van der Waals surface area (Å²) in [7, 11) is 0. The van der Waals surface area contributed by atoms with Crippen molar-refractivity contribution in [3.05, 3.63) is 15.5 Å². The second-order valence-electron chi connectivity index (χ2n) is 4.90. The first-order valence-electron chi connectivity index (χ1n) is 5.57. The molecule has 92 valence electrons. The van der Waals surface area contributed by atoms with Gasteiger partial charge in [-0.3, -0.25) is 10.2 Å². The second kappa shape index (κ2) is 4.34. The zero-order valence-corrected chi connectivity index (χ0v) is 12.1. The number of H-pyrrole nitrogens is 2. The van der Waals surface area contributed by atoms with Gasteiger partial charge in [0.05, 0.1) is 15.6 Å². The van der Waals surface area contributed by atoms with Crippen LogP contribution >= 0.6 is 23.6 Å². The number of aryl methyl sites for hydroxylation is 1. The second-order valence-corrected chi connectivity index (χ2v) is 6.37. The third-order valence-corrected chi connectivity index (χ3v) is 3.80. The van der Waals surface area contributed by atoms with Crippen molar-refractivity contribution in [2.45, 2.75) is 39.5 Å². The van der Waals surface area contributed by atoms with Gasteiger partial charge in [0.1, 0.15) is 0 Å². The number of hydrogen-bond acceptors (Lipinski definition) is 4. The number of thiazole rings is 1. The summed E-state index contributed by atoms with van der Waals surface area (Å²) in [5.41, 5.74) is 1.09. The largest absolute Gasteiger partial charge is 0.281 e. The molecule has 0 aliphatic carbocycles. The third kappa shape index (κ3) is 2.47. The smallest absolute Gasteiger partial charge is 0.213 e. The zero-order valence-electron chi connectivity index (χ0n) is 10.4. The Labute approximate surface area is 110 Å². The van der Waals surface area contributed by atoms with Crippen molar-refractivity contribution in [2.75, 3.05) is 0 Å². The Balaban J connectivity index is 2.60. The van der Waals surface area contributed by atoms with E-state index in [1.165, 1.54) is 0 Å². The first-order chi connectivity index (χ1) is 7.91. The lowest BCUT2D eigenvalue weighted by molar-refractivity contribution is 0.572. The van der Waals surface area contributed by atoms with Crippen molar-refractivity contribution in [2.24, 2.45) is 0 Å². The van der Waals surface area contributed by atoms with Crippen molar-refractivity contribution < 1.29 is 0 Å². The molecule has 0 aliphatic rings. The van der Waals surface area contributed by atoms with E-state index >= 15 is 0 Å². The molecule has 0 aliphatic heterocycles. The van der Waals surface area contributed by atoms with E-state index in [0.29, 0.717) is 4.77 Å². The molecule has 2 aromatic rings. The summed E-state index contributed by atoms with van der Waals surface area (Å²) < 4.78 is 0.478. The molecule has 0 aromatic carbocycles. The predicted molar refractivity (Wildman–Crippen MR) is 73.0 cm³/mol. The number of nitrogens with zero attached hydrogens (tertiary/aromatic N) is 2. The Kier molecular flexibility index (Phi) is 3.18. The number of aromatic amines is 2. The molecule has 2 heterocycles. The lowest BCUT2D eigenvalue weighted by Gasteiger charge is -2.16. The van der Waals surface area contributed by atoms with Gasteiger partial charge in [0.2, 0.25) is 4.77 Å². The van der Waals surface area contributed by atoms with E-state index in [9.17, 15) is 0 Å². The maximum atomic E-state index is 4.99. The van der Waals surface area contributed by atoms with E-state index in [1.54, 1.807) is 11.3 Å². The average molecular weight is 268 g/mol. The quantitative estimate of drug-likeness (QED) is 0.820. The minimum Gasteiger partial charge on any atom is -0.281 e. The van der Waals surface area contributed by atoms with Crippen LogP contribution in [-0.2, 0) is 11.8 Å². The first-order valence-corrected chi connectivity index (χ1v) is 6.79. The lowest BCUT2D eigenvalue weighted by atomic mass is 9.91. The molecule has 0 saturated carbocycles. The Morgan fingerprint density at radius 2 is 1.94 bits per heavy atom. The van der Waals surface area contributed by atoms with E-state index in [0.717, 1.165) is 27.8 Å². The Morgan fingerprint density at radius 1 is 1.24 bits per heavy atom. The number of rotatable bonds is 2. The van der Waals surface area contributed by atoms with Gasteiger partial charge in [-0.15, -0.1) is 11.3 Å². The summed E-state index contributed by atoms with van der Waals surface area (Å²) in [5, 5.41) is 6.96. The Hall–Kier alpha value is -1.01. The van der Waals surface area contributed by atoms with Gasteiger partial charge in [-0.2, -0.15) is 4.98 Å². The number of aromatic nitrogens is 4. The van der Waals surface area contributed by atoms with Crippen molar-refractivity contribution >= 4 is 23.6 Å². The number of hydrogen-bond donors (Lipinski definition) is 2. The van der Waals surface area contributed by atoms with E-state index in [1.807, 2.05) is 0 Å². The molecule has 17 heavy (non-hydrogen) atoms. The Bertz CT molecular complexity index is 571. The molecule has 2 rings (SSSR count). The molecule has 0 amide bonds. The van der Waals surface area contributed by atoms with E-state index in [4.69, 9.17) is 17.2 Å². The lowest BCUT2D eigenvalue weighted by Crippen LogP contribution is -2.13. The molecule has 4 nitrogen and oxygen atoms in total. The Morgan fingerprint density at radius 3 is 2.41 bits per heavy atom. The van der Waals surface area contributed by atoms with Crippen LogP contribution in [0.25, 0.3) is 10.7 Å². The van der Waals surface area contributed by atoms with Crippen LogP contribution in [0.1, 0.15) is 38.4 Å². The molecule has 0 radical (unpaired) electrons. The molecule has 0 saturated heterocycles. The van der Waals surface area contributed by atoms with Gasteiger partial charge in [-0.1, -0.05) is 27.7 Å². The van der Waals surface area contributed by atoms with Gasteiger partial charge >= 0.3 is 0 Å². The summed E-state index contributed by atoms with van der Waals surface area (Å²) in [6.07, 6.45) is 0.943. The molecule has 0 unspecified atom stereocenters. The molecule has 0 bridgehead atoms. The van der Waals surface area contributed by atoms with Gasteiger partial charge < -0.3 is 0 Å². The van der Waals surface area contributed by atoms with Gasteiger partial charge in [0.15, 0.2) is 5.82 Å². The van der Waals surface area contributed by atoms with E-state index in [-0.39, 0.29) is 5.41 Å². The van der Waals surface area contributed by atoms with Crippen LogP contribution < -0.4 is 0 Å². The first kappa shape index (κ1) is 12.4. The topological polar surface area (TPSA) is 57.4 Å². The van der Waals surface area contributed by atoms with Crippen LogP contribution in [0.15, 0.2) is 0 Å². The van der Waals surface area contributed by atoms with Crippen molar-refractivity contribution in [3.63, 3.8) is 0 Å². The van der Waals surface area contributed by atoms with E-state index < -0.39 is 0 Å². The number of nitrogens with one attached hydrogen (secondary N) is 2. The molecule has 0 fully saturated rings. The van der Waals surface area contributed by atoms with Crippen LogP contribution in [0.4, 0.5) is 0 Å². The molecular weight excluding hydrogens is 252 g/mol. The SMILES string of the molecule is CCc1nc(C(C)(C)C)c(-c2nc(=S)[nH][nH]2)s1.